The average molecular weight is 484 g/mol. The lowest BCUT2D eigenvalue weighted by Gasteiger charge is -2.34. The summed E-state index contributed by atoms with van der Waals surface area (Å²) in [6, 6.07) is 9.45. The first-order chi connectivity index (χ1) is 16.7. The predicted octanol–water partition coefficient (Wildman–Crippen LogP) is 3.44. The molecule has 1 aliphatic rings. The van der Waals surface area contributed by atoms with Gasteiger partial charge in [-0.15, -0.1) is 0 Å². The molecular formula is C25H24O10. The van der Waals surface area contributed by atoms with Gasteiger partial charge >= 0.3 is 5.97 Å². The second-order valence-corrected chi connectivity index (χ2v) is 7.79. The van der Waals surface area contributed by atoms with Crippen LogP contribution in [0.25, 0.3) is 0 Å². The van der Waals surface area contributed by atoms with Gasteiger partial charge in [-0.2, -0.15) is 0 Å². The molecular weight excluding hydrogens is 460 g/mol. The van der Waals surface area contributed by atoms with Crippen LogP contribution in [0, 0.1) is 0 Å². The average Bonchev–Trinajstić information content (AvgIpc) is 2.84. The molecule has 4 rings (SSSR count). The number of aromatic hydroxyl groups is 4. The van der Waals surface area contributed by atoms with Crippen LogP contribution in [0.4, 0.5) is 0 Å². The zero-order valence-corrected chi connectivity index (χ0v) is 19.1. The lowest BCUT2D eigenvalue weighted by Crippen LogP contribution is -2.34. The maximum atomic E-state index is 13.2. The number of hydrogen-bond donors (Lipinski definition) is 4. The minimum Gasteiger partial charge on any atom is -0.508 e. The van der Waals surface area contributed by atoms with Crippen LogP contribution in [-0.4, -0.2) is 53.8 Å². The third kappa shape index (κ3) is 4.50. The Balaban J connectivity index is 1.72. The molecule has 184 valence electrons. The Morgan fingerprint density at radius 3 is 2.14 bits per heavy atom. The van der Waals surface area contributed by atoms with Crippen molar-refractivity contribution in [2.45, 2.75) is 18.6 Å². The van der Waals surface area contributed by atoms with Crippen molar-refractivity contribution in [3.8, 4) is 46.0 Å². The quantitative estimate of drug-likeness (QED) is 0.303. The van der Waals surface area contributed by atoms with Gasteiger partial charge in [-0.3, -0.25) is 0 Å². The van der Waals surface area contributed by atoms with E-state index in [1.165, 1.54) is 57.7 Å². The van der Waals surface area contributed by atoms with Crippen LogP contribution in [0.15, 0.2) is 42.5 Å². The highest BCUT2D eigenvalue weighted by Crippen LogP contribution is 2.44. The summed E-state index contributed by atoms with van der Waals surface area (Å²) in [4.78, 5) is 13.2. The summed E-state index contributed by atoms with van der Waals surface area (Å²) in [7, 11) is 4.28. The third-order valence-corrected chi connectivity index (χ3v) is 5.65. The molecule has 3 aromatic carbocycles. The Morgan fingerprint density at radius 2 is 1.54 bits per heavy atom. The Kier molecular flexibility index (Phi) is 6.37. The number of fused-ring (bicyclic) bond motifs is 1. The largest absolute Gasteiger partial charge is 0.508 e. The molecule has 0 spiro atoms. The van der Waals surface area contributed by atoms with Crippen molar-refractivity contribution in [3.05, 3.63) is 59.2 Å². The van der Waals surface area contributed by atoms with Gasteiger partial charge in [0.1, 0.15) is 23.4 Å². The Bertz CT molecular complexity index is 1240. The fourth-order valence-corrected chi connectivity index (χ4v) is 3.96. The van der Waals surface area contributed by atoms with E-state index in [1.807, 2.05) is 0 Å². The van der Waals surface area contributed by atoms with E-state index >= 15 is 0 Å². The van der Waals surface area contributed by atoms with E-state index in [1.54, 1.807) is 0 Å². The molecule has 0 saturated heterocycles. The van der Waals surface area contributed by atoms with Gasteiger partial charge in [0.25, 0.3) is 0 Å². The van der Waals surface area contributed by atoms with Crippen molar-refractivity contribution in [1.29, 1.82) is 0 Å². The van der Waals surface area contributed by atoms with Gasteiger partial charge in [0.2, 0.25) is 5.75 Å². The number of methoxy groups -OCH3 is 3. The molecule has 0 radical (unpaired) electrons. The number of rotatable bonds is 6. The van der Waals surface area contributed by atoms with Crippen LogP contribution in [0.3, 0.4) is 0 Å². The first-order valence-electron chi connectivity index (χ1n) is 10.5. The fourth-order valence-electron chi connectivity index (χ4n) is 3.96. The normalized spacial score (nSPS) is 16.5. The number of benzene rings is 3. The van der Waals surface area contributed by atoms with E-state index in [2.05, 4.69) is 0 Å². The molecule has 10 nitrogen and oxygen atoms in total. The van der Waals surface area contributed by atoms with Crippen molar-refractivity contribution in [3.63, 3.8) is 0 Å². The monoisotopic (exact) mass is 484 g/mol. The van der Waals surface area contributed by atoms with Gasteiger partial charge in [-0.05, 0) is 24.3 Å². The molecule has 0 saturated carbocycles. The van der Waals surface area contributed by atoms with Crippen LogP contribution in [0.5, 0.6) is 46.0 Å². The lowest BCUT2D eigenvalue weighted by molar-refractivity contribution is -0.0189. The van der Waals surface area contributed by atoms with Gasteiger partial charge < -0.3 is 44.1 Å². The molecule has 0 aliphatic carbocycles. The molecule has 0 amide bonds. The highest BCUT2D eigenvalue weighted by molar-refractivity contribution is 5.91. The van der Waals surface area contributed by atoms with E-state index in [-0.39, 0.29) is 52.2 Å². The molecule has 1 heterocycles. The smallest absolute Gasteiger partial charge is 0.338 e. The maximum Gasteiger partial charge on any atom is 0.338 e. The molecule has 1 aliphatic heterocycles. The third-order valence-electron chi connectivity index (χ3n) is 5.65. The van der Waals surface area contributed by atoms with E-state index in [4.69, 9.17) is 23.7 Å². The maximum absolute atomic E-state index is 13.2. The van der Waals surface area contributed by atoms with Gasteiger partial charge in [0, 0.05) is 29.7 Å². The Labute approximate surface area is 200 Å². The summed E-state index contributed by atoms with van der Waals surface area (Å²) in [6.45, 7) is 0. The number of phenolic OH excluding ortho intramolecular Hbond substituents is 4. The molecule has 35 heavy (non-hydrogen) atoms. The first kappa shape index (κ1) is 23.7. The summed E-state index contributed by atoms with van der Waals surface area (Å²) in [6.07, 6.45) is -1.83. The Hall–Kier alpha value is -4.47. The fraction of sp³-hybridized carbons (Fsp3) is 0.240. The van der Waals surface area contributed by atoms with Crippen LogP contribution >= 0.6 is 0 Å². The van der Waals surface area contributed by atoms with Gasteiger partial charge in [-0.25, -0.2) is 4.79 Å². The predicted molar refractivity (Wildman–Crippen MR) is 122 cm³/mol. The van der Waals surface area contributed by atoms with Gasteiger partial charge in [0.15, 0.2) is 29.1 Å². The van der Waals surface area contributed by atoms with Crippen LogP contribution < -0.4 is 18.9 Å². The molecule has 3 aromatic rings. The topological polar surface area (TPSA) is 144 Å². The van der Waals surface area contributed by atoms with Crippen LogP contribution in [0.2, 0.25) is 0 Å². The second kappa shape index (κ2) is 9.41. The van der Waals surface area contributed by atoms with Gasteiger partial charge in [-0.1, -0.05) is 6.07 Å². The standard InChI is InChI=1S/C25H24O10/c1-31-20-7-13(8-21(32-2)24(20)33-3)25(30)35-22-11-15-17(28)9-14(26)10-19(15)34-23(22)12-4-5-16(27)18(29)6-12/h4-10,22-23,26-29H,11H2,1-3H3/t22-,23-/m0/s1. The summed E-state index contributed by atoms with van der Waals surface area (Å²) < 4.78 is 27.7. The molecule has 0 fully saturated rings. The van der Waals surface area contributed by atoms with Crippen LogP contribution in [-0.2, 0) is 11.2 Å². The molecule has 0 aromatic heterocycles. The Morgan fingerprint density at radius 1 is 0.857 bits per heavy atom. The summed E-state index contributed by atoms with van der Waals surface area (Å²) in [5, 5.41) is 39.9. The van der Waals surface area contributed by atoms with E-state index < -0.39 is 18.2 Å². The summed E-state index contributed by atoms with van der Waals surface area (Å²) in [5.41, 5.74) is 0.855. The highest BCUT2D eigenvalue weighted by Gasteiger charge is 2.37. The number of phenols is 4. The van der Waals surface area contributed by atoms with Crippen molar-refractivity contribution < 1.29 is 48.9 Å². The van der Waals surface area contributed by atoms with Crippen molar-refractivity contribution in [2.75, 3.05) is 21.3 Å². The minimum atomic E-state index is -0.950. The van der Waals surface area contributed by atoms with E-state index in [0.717, 1.165) is 6.07 Å². The highest BCUT2D eigenvalue weighted by atomic mass is 16.6. The van der Waals surface area contributed by atoms with Crippen molar-refractivity contribution >= 4 is 5.97 Å². The SMILES string of the molecule is COc1cc(C(=O)O[C@H]2Cc3c(O)cc(O)cc3O[C@H]2c2ccc(O)c(O)c2)cc(OC)c1OC. The molecule has 0 bridgehead atoms. The molecule has 2 atom stereocenters. The minimum absolute atomic E-state index is 0.0456. The second-order valence-electron chi connectivity index (χ2n) is 7.79. The zero-order chi connectivity index (χ0) is 25.3. The number of carbonyl (C=O) groups excluding carboxylic acids is 1. The van der Waals surface area contributed by atoms with E-state index in [0.29, 0.717) is 16.9 Å². The number of ether oxygens (including phenoxy) is 5. The number of hydrogen-bond acceptors (Lipinski definition) is 10. The zero-order valence-electron chi connectivity index (χ0n) is 19.1. The van der Waals surface area contributed by atoms with Crippen molar-refractivity contribution in [1.82, 2.24) is 0 Å². The summed E-state index contributed by atoms with van der Waals surface area (Å²) >= 11 is 0. The number of carbonyl (C=O) groups is 1. The number of esters is 1. The summed E-state index contributed by atoms with van der Waals surface area (Å²) in [5.74, 6) is -0.843. The van der Waals surface area contributed by atoms with E-state index in [9.17, 15) is 25.2 Å². The lowest BCUT2D eigenvalue weighted by atomic mass is 9.93. The van der Waals surface area contributed by atoms with Crippen LogP contribution in [0.1, 0.15) is 27.6 Å². The molecule has 10 heteroatoms. The molecule has 4 N–H and O–H groups in total. The van der Waals surface area contributed by atoms with Crippen molar-refractivity contribution in [2.24, 2.45) is 0 Å². The first-order valence-corrected chi connectivity index (χ1v) is 10.5. The van der Waals surface area contributed by atoms with Gasteiger partial charge in [0.05, 0.1) is 26.9 Å². The molecule has 0 unspecified atom stereocenters.